The highest BCUT2D eigenvalue weighted by atomic mass is 16.3. The van der Waals surface area contributed by atoms with Gasteiger partial charge in [0.15, 0.2) is 0 Å². The molecule has 0 spiro atoms. The monoisotopic (exact) mass is 281 g/mol. The molecule has 1 aromatic rings. The fraction of sp³-hybridized carbons (Fsp3) is 0.714. The summed E-state index contributed by atoms with van der Waals surface area (Å²) in [5.41, 5.74) is -0.242. The van der Waals surface area contributed by atoms with Gasteiger partial charge in [-0.3, -0.25) is 13.9 Å². The van der Waals surface area contributed by atoms with Crippen LogP contribution in [0.15, 0.2) is 15.7 Å². The Morgan fingerprint density at radius 3 is 2.45 bits per heavy atom. The third kappa shape index (κ3) is 2.86. The molecule has 0 bridgehead atoms. The minimum atomic E-state index is -0.323. The van der Waals surface area contributed by atoms with Crippen molar-refractivity contribution in [2.45, 2.75) is 44.2 Å². The van der Waals surface area contributed by atoms with Gasteiger partial charge < -0.3 is 10.4 Å². The Kier molecular flexibility index (Phi) is 4.45. The molecule has 1 aliphatic carbocycles. The quantitative estimate of drug-likeness (QED) is 0.806. The summed E-state index contributed by atoms with van der Waals surface area (Å²) in [6.45, 7) is 0.508. The van der Waals surface area contributed by atoms with Gasteiger partial charge in [-0.05, 0) is 12.8 Å². The summed E-state index contributed by atoms with van der Waals surface area (Å²) in [5, 5.41) is 13.0. The van der Waals surface area contributed by atoms with Crippen molar-refractivity contribution in [2.75, 3.05) is 6.61 Å². The number of aliphatic hydroxyl groups excluding tert-OH is 1. The Hall–Kier alpha value is -1.40. The van der Waals surface area contributed by atoms with Crippen LogP contribution in [0.3, 0.4) is 0 Å². The van der Waals surface area contributed by atoms with Crippen molar-refractivity contribution < 1.29 is 5.11 Å². The van der Waals surface area contributed by atoms with Gasteiger partial charge in [-0.15, -0.1) is 0 Å². The average molecular weight is 281 g/mol. The third-order valence-electron chi connectivity index (χ3n) is 4.38. The first-order valence-electron chi connectivity index (χ1n) is 7.11. The van der Waals surface area contributed by atoms with Crippen LogP contribution in [0.5, 0.6) is 0 Å². The van der Waals surface area contributed by atoms with Crippen molar-refractivity contribution in [1.82, 2.24) is 14.5 Å². The van der Waals surface area contributed by atoms with E-state index in [4.69, 9.17) is 0 Å². The van der Waals surface area contributed by atoms with Gasteiger partial charge in [0.05, 0.1) is 6.61 Å². The molecule has 0 saturated heterocycles. The summed E-state index contributed by atoms with van der Waals surface area (Å²) in [5.74, 6) is 0. The summed E-state index contributed by atoms with van der Waals surface area (Å²) < 4.78 is 2.56. The Morgan fingerprint density at radius 1 is 1.20 bits per heavy atom. The maximum atomic E-state index is 11.9. The van der Waals surface area contributed by atoms with Gasteiger partial charge in [0.2, 0.25) is 0 Å². The molecule has 1 aromatic heterocycles. The van der Waals surface area contributed by atoms with Gasteiger partial charge in [0.25, 0.3) is 5.56 Å². The molecular weight excluding hydrogens is 258 g/mol. The van der Waals surface area contributed by atoms with E-state index in [2.05, 4.69) is 5.32 Å². The van der Waals surface area contributed by atoms with Crippen LogP contribution in [0.25, 0.3) is 0 Å². The molecule has 0 unspecified atom stereocenters. The molecule has 1 fully saturated rings. The topological polar surface area (TPSA) is 76.3 Å². The Labute approximate surface area is 118 Å². The largest absolute Gasteiger partial charge is 0.394 e. The zero-order valence-corrected chi connectivity index (χ0v) is 12.2. The fourth-order valence-electron chi connectivity index (χ4n) is 2.85. The molecule has 6 nitrogen and oxygen atoms in total. The predicted octanol–water partition coefficient (Wildman–Crippen LogP) is -0.131. The molecule has 1 saturated carbocycles. The molecule has 20 heavy (non-hydrogen) atoms. The molecule has 0 aliphatic heterocycles. The van der Waals surface area contributed by atoms with Crippen molar-refractivity contribution in [3.8, 4) is 0 Å². The zero-order chi connectivity index (χ0) is 14.8. The second-order valence-corrected chi connectivity index (χ2v) is 5.73. The van der Waals surface area contributed by atoms with Crippen molar-refractivity contribution >= 4 is 0 Å². The zero-order valence-electron chi connectivity index (χ0n) is 12.2. The van der Waals surface area contributed by atoms with Crippen molar-refractivity contribution in [3.63, 3.8) is 0 Å². The maximum absolute atomic E-state index is 11.9. The molecule has 0 amide bonds. The fourth-order valence-corrected chi connectivity index (χ4v) is 2.85. The molecule has 1 heterocycles. The number of nitrogens with zero attached hydrogens (tertiary/aromatic N) is 2. The highest BCUT2D eigenvalue weighted by molar-refractivity contribution is 5.03. The highest BCUT2D eigenvalue weighted by Gasteiger charge is 2.30. The van der Waals surface area contributed by atoms with E-state index in [-0.39, 0.29) is 23.4 Å². The van der Waals surface area contributed by atoms with E-state index < -0.39 is 0 Å². The molecule has 1 aliphatic rings. The van der Waals surface area contributed by atoms with Crippen molar-refractivity contribution in [2.24, 2.45) is 14.1 Å². The highest BCUT2D eigenvalue weighted by Crippen LogP contribution is 2.27. The van der Waals surface area contributed by atoms with E-state index in [0.29, 0.717) is 12.2 Å². The van der Waals surface area contributed by atoms with Crippen molar-refractivity contribution in [3.05, 3.63) is 32.6 Å². The molecular formula is C14H23N3O3. The Morgan fingerprint density at radius 2 is 1.85 bits per heavy atom. The van der Waals surface area contributed by atoms with Crippen LogP contribution in [0, 0.1) is 0 Å². The lowest BCUT2D eigenvalue weighted by Crippen LogP contribution is -2.50. The van der Waals surface area contributed by atoms with Crippen LogP contribution in [0.4, 0.5) is 0 Å². The standard InChI is InChI=1S/C14H23N3O3/c1-16-11(8-12(19)17(2)13(16)20)9-15-14(10-18)6-4-3-5-7-14/h8,15,18H,3-7,9-10H2,1-2H3. The SMILES string of the molecule is Cn1c(CNC2(CO)CCCCC2)cc(=O)n(C)c1=O. The number of rotatable bonds is 4. The van der Waals surface area contributed by atoms with E-state index >= 15 is 0 Å². The second kappa shape index (κ2) is 5.93. The van der Waals surface area contributed by atoms with Crippen LogP contribution < -0.4 is 16.6 Å². The Bertz CT molecular complexity index is 582. The van der Waals surface area contributed by atoms with Crippen LogP contribution >= 0.6 is 0 Å². The number of nitrogens with one attached hydrogen (secondary N) is 1. The van der Waals surface area contributed by atoms with Crippen LogP contribution in [0.1, 0.15) is 37.8 Å². The molecule has 2 N–H and O–H groups in total. The minimum absolute atomic E-state index is 0.0891. The van der Waals surface area contributed by atoms with Gasteiger partial charge in [0, 0.05) is 37.9 Å². The van der Waals surface area contributed by atoms with E-state index in [1.54, 1.807) is 7.05 Å². The number of aliphatic hydroxyl groups is 1. The summed E-state index contributed by atoms with van der Waals surface area (Å²) in [7, 11) is 3.13. The van der Waals surface area contributed by atoms with Gasteiger partial charge in [-0.1, -0.05) is 19.3 Å². The van der Waals surface area contributed by atoms with Crippen molar-refractivity contribution in [1.29, 1.82) is 0 Å². The van der Waals surface area contributed by atoms with Crippen LogP contribution in [-0.2, 0) is 20.6 Å². The summed E-state index contributed by atoms with van der Waals surface area (Å²) in [6, 6.07) is 1.47. The Balaban J connectivity index is 2.18. The molecule has 112 valence electrons. The van der Waals surface area contributed by atoms with E-state index in [1.165, 1.54) is 24.1 Å². The van der Waals surface area contributed by atoms with Gasteiger partial charge >= 0.3 is 5.69 Å². The second-order valence-electron chi connectivity index (χ2n) is 5.73. The lowest BCUT2D eigenvalue weighted by molar-refractivity contribution is 0.119. The average Bonchev–Trinajstić information content (AvgIpc) is 2.48. The number of hydrogen-bond acceptors (Lipinski definition) is 4. The minimum Gasteiger partial charge on any atom is -0.394 e. The summed E-state index contributed by atoms with van der Waals surface area (Å²) in [4.78, 5) is 23.5. The predicted molar refractivity (Wildman–Crippen MR) is 76.7 cm³/mol. The normalized spacial score (nSPS) is 18.1. The lowest BCUT2D eigenvalue weighted by atomic mass is 9.82. The third-order valence-corrected chi connectivity index (χ3v) is 4.38. The van der Waals surface area contributed by atoms with Crippen LogP contribution in [-0.4, -0.2) is 26.4 Å². The smallest absolute Gasteiger partial charge is 0.330 e. The van der Waals surface area contributed by atoms with Crippen LogP contribution in [0.2, 0.25) is 0 Å². The number of hydrogen-bond donors (Lipinski definition) is 2. The lowest BCUT2D eigenvalue weighted by Gasteiger charge is -2.36. The molecule has 6 heteroatoms. The molecule has 0 aromatic carbocycles. The molecule has 0 radical (unpaired) electrons. The number of aromatic nitrogens is 2. The first kappa shape index (κ1) is 15.0. The summed E-state index contributed by atoms with van der Waals surface area (Å²) in [6.07, 6.45) is 5.27. The van der Waals surface area contributed by atoms with Gasteiger partial charge in [-0.25, -0.2) is 4.79 Å². The van der Waals surface area contributed by atoms with Gasteiger partial charge in [0.1, 0.15) is 0 Å². The van der Waals surface area contributed by atoms with E-state index in [0.717, 1.165) is 30.3 Å². The van der Waals surface area contributed by atoms with E-state index in [9.17, 15) is 14.7 Å². The van der Waals surface area contributed by atoms with E-state index in [1.807, 2.05) is 0 Å². The summed E-state index contributed by atoms with van der Waals surface area (Å²) >= 11 is 0. The van der Waals surface area contributed by atoms with Gasteiger partial charge in [-0.2, -0.15) is 0 Å². The first-order valence-corrected chi connectivity index (χ1v) is 7.11. The first-order chi connectivity index (χ1) is 9.49. The molecule has 0 atom stereocenters. The molecule has 2 rings (SSSR count). The maximum Gasteiger partial charge on any atom is 0.330 e.